The fourth-order valence-electron chi connectivity index (χ4n) is 3.11. The Morgan fingerprint density at radius 3 is 2.55 bits per heavy atom. The van der Waals surface area contributed by atoms with Crippen LogP contribution < -0.4 is 10.6 Å². The van der Waals surface area contributed by atoms with Crippen molar-refractivity contribution in [1.29, 1.82) is 0 Å². The number of hydrogen-bond acceptors (Lipinski definition) is 3. The molecule has 2 aromatic rings. The van der Waals surface area contributed by atoms with Crippen LogP contribution in [0.2, 0.25) is 0 Å². The first-order valence-corrected chi connectivity index (χ1v) is 8.02. The van der Waals surface area contributed by atoms with E-state index in [0.29, 0.717) is 5.11 Å². The molecule has 5 heteroatoms. The molecule has 0 spiro atoms. The average molecular weight is 312 g/mol. The maximum atomic E-state index is 5.51. The van der Waals surface area contributed by atoms with Crippen LogP contribution in [0.1, 0.15) is 36.9 Å². The number of aromatic nitrogens is 2. The second-order valence-corrected chi connectivity index (χ2v) is 6.18. The monoisotopic (exact) mass is 312 g/mol. The maximum Gasteiger partial charge on any atom is 0.172 e. The molecule has 1 saturated carbocycles. The summed E-state index contributed by atoms with van der Waals surface area (Å²) in [7, 11) is 0. The summed E-state index contributed by atoms with van der Waals surface area (Å²) in [5.41, 5.74) is 2.13. The minimum Gasteiger partial charge on any atom is -0.353 e. The molecule has 2 aromatic heterocycles. The summed E-state index contributed by atoms with van der Waals surface area (Å²) >= 11 is 5.51. The highest BCUT2D eigenvalue weighted by molar-refractivity contribution is 7.80. The normalized spacial score (nSPS) is 16.2. The van der Waals surface area contributed by atoms with Crippen molar-refractivity contribution in [2.45, 2.75) is 38.1 Å². The molecule has 2 heterocycles. The number of aryl methyl sites for hydroxylation is 1. The number of hydrogen-bond donors (Lipinski definition) is 2. The number of pyridine rings is 2. The standard InChI is InChI=1S/C17H20N4S/c1-13-5-4-6-15(19-13)20-16(22)21-17(9-2-3-10-17)14-7-11-18-12-8-14/h4-8,11-12H,2-3,9-10H2,1H3,(H2,19,20,21,22). The summed E-state index contributed by atoms with van der Waals surface area (Å²) < 4.78 is 0. The molecule has 0 unspecified atom stereocenters. The smallest absolute Gasteiger partial charge is 0.172 e. The SMILES string of the molecule is Cc1cccc(NC(=S)NC2(c3ccncc3)CCCC2)n1. The third-order valence-corrected chi connectivity index (χ3v) is 4.38. The van der Waals surface area contributed by atoms with E-state index in [4.69, 9.17) is 12.2 Å². The molecule has 0 bridgehead atoms. The summed E-state index contributed by atoms with van der Waals surface area (Å²) in [6.07, 6.45) is 8.27. The number of rotatable bonds is 3. The fourth-order valence-corrected chi connectivity index (χ4v) is 3.41. The Hall–Kier alpha value is -2.01. The first kappa shape index (κ1) is 14.9. The first-order chi connectivity index (χ1) is 10.7. The first-order valence-electron chi connectivity index (χ1n) is 7.61. The largest absolute Gasteiger partial charge is 0.353 e. The van der Waals surface area contributed by atoms with Crippen LogP contribution in [-0.4, -0.2) is 15.1 Å². The van der Waals surface area contributed by atoms with Gasteiger partial charge in [0.15, 0.2) is 5.11 Å². The van der Waals surface area contributed by atoms with Crippen LogP contribution in [-0.2, 0) is 5.54 Å². The van der Waals surface area contributed by atoms with Crippen molar-refractivity contribution in [2.24, 2.45) is 0 Å². The van der Waals surface area contributed by atoms with Crippen LogP contribution >= 0.6 is 12.2 Å². The van der Waals surface area contributed by atoms with E-state index in [9.17, 15) is 0 Å². The second kappa shape index (κ2) is 6.40. The summed E-state index contributed by atoms with van der Waals surface area (Å²) in [6, 6.07) is 10.0. The lowest BCUT2D eigenvalue weighted by Gasteiger charge is -2.32. The van der Waals surface area contributed by atoms with Crippen molar-refractivity contribution in [3.05, 3.63) is 54.0 Å². The van der Waals surface area contributed by atoms with E-state index in [1.54, 1.807) is 0 Å². The van der Waals surface area contributed by atoms with Crippen LogP contribution in [0.3, 0.4) is 0 Å². The molecule has 1 aliphatic rings. The van der Waals surface area contributed by atoms with E-state index in [-0.39, 0.29) is 5.54 Å². The van der Waals surface area contributed by atoms with Crippen LogP contribution in [0, 0.1) is 6.92 Å². The van der Waals surface area contributed by atoms with Gasteiger partial charge in [-0.3, -0.25) is 4.98 Å². The van der Waals surface area contributed by atoms with Crippen molar-refractivity contribution in [3.8, 4) is 0 Å². The van der Waals surface area contributed by atoms with Crippen LogP contribution in [0.5, 0.6) is 0 Å². The van der Waals surface area contributed by atoms with Gasteiger partial charge in [-0.1, -0.05) is 18.9 Å². The zero-order valence-corrected chi connectivity index (χ0v) is 13.5. The Morgan fingerprint density at radius 1 is 1.14 bits per heavy atom. The minimum atomic E-state index is -0.0865. The molecular weight excluding hydrogens is 292 g/mol. The van der Waals surface area contributed by atoms with Gasteiger partial charge in [0.05, 0.1) is 5.54 Å². The molecule has 0 amide bonds. The van der Waals surface area contributed by atoms with Gasteiger partial charge < -0.3 is 10.6 Å². The molecular formula is C17H20N4S. The van der Waals surface area contributed by atoms with Gasteiger partial charge in [-0.2, -0.15) is 0 Å². The summed E-state index contributed by atoms with van der Waals surface area (Å²) in [5.74, 6) is 0.778. The zero-order chi connectivity index (χ0) is 15.4. The minimum absolute atomic E-state index is 0.0865. The second-order valence-electron chi connectivity index (χ2n) is 5.77. The van der Waals surface area contributed by atoms with Crippen molar-refractivity contribution < 1.29 is 0 Å². The molecule has 0 saturated heterocycles. The van der Waals surface area contributed by atoms with Gasteiger partial charge in [0.25, 0.3) is 0 Å². The molecule has 3 rings (SSSR count). The predicted octanol–water partition coefficient (Wildman–Crippen LogP) is 3.54. The van der Waals surface area contributed by atoms with Crippen molar-refractivity contribution in [3.63, 3.8) is 0 Å². The summed E-state index contributed by atoms with van der Waals surface area (Å²) in [4.78, 5) is 8.55. The maximum absolute atomic E-state index is 5.51. The lowest BCUT2D eigenvalue weighted by atomic mass is 9.89. The highest BCUT2D eigenvalue weighted by atomic mass is 32.1. The quantitative estimate of drug-likeness (QED) is 0.849. The van der Waals surface area contributed by atoms with Gasteiger partial charge in [-0.05, 0) is 61.8 Å². The average Bonchev–Trinajstić information content (AvgIpc) is 2.98. The van der Waals surface area contributed by atoms with Gasteiger partial charge in [0, 0.05) is 18.1 Å². The highest BCUT2D eigenvalue weighted by Gasteiger charge is 2.36. The van der Waals surface area contributed by atoms with Gasteiger partial charge in [0.2, 0.25) is 0 Å². The van der Waals surface area contributed by atoms with Crippen LogP contribution in [0.25, 0.3) is 0 Å². The van der Waals surface area contributed by atoms with E-state index in [1.807, 2.05) is 37.5 Å². The molecule has 114 valence electrons. The molecule has 2 N–H and O–H groups in total. The van der Waals surface area contributed by atoms with E-state index in [0.717, 1.165) is 24.4 Å². The molecule has 22 heavy (non-hydrogen) atoms. The van der Waals surface area contributed by atoms with Gasteiger partial charge in [-0.15, -0.1) is 0 Å². The number of anilines is 1. The van der Waals surface area contributed by atoms with Crippen molar-refractivity contribution in [2.75, 3.05) is 5.32 Å². The molecule has 1 fully saturated rings. The Morgan fingerprint density at radius 2 is 1.86 bits per heavy atom. The lowest BCUT2D eigenvalue weighted by molar-refractivity contribution is 0.408. The van der Waals surface area contributed by atoms with Gasteiger partial charge in [0.1, 0.15) is 5.82 Å². The zero-order valence-electron chi connectivity index (χ0n) is 12.7. The van der Waals surface area contributed by atoms with Crippen molar-refractivity contribution >= 4 is 23.1 Å². The van der Waals surface area contributed by atoms with E-state index < -0.39 is 0 Å². The van der Waals surface area contributed by atoms with Crippen molar-refractivity contribution in [1.82, 2.24) is 15.3 Å². The summed E-state index contributed by atoms with van der Waals surface area (Å²) in [6.45, 7) is 1.97. The van der Waals surface area contributed by atoms with E-state index in [2.05, 4.69) is 32.7 Å². The van der Waals surface area contributed by atoms with E-state index in [1.165, 1.54) is 18.4 Å². The van der Waals surface area contributed by atoms with Gasteiger partial charge >= 0.3 is 0 Å². The molecule has 0 aromatic carbocycles. The third-order valence-electron chi connectivity index (χ3n) is 4.17. The molecule has 0 radical (unpaired) electrons. The molecule has 0 aliphatic heterocycles. The Bertz CT molecular complexity index is 651. The lowest BCUT2D eigenvalue weighted by Crippen LogP contribution is -2.45. The Labute approximate surface area is 136 Å². The van der Waals surface area contributed by atoms with Crippen LogP contribution in [0.4, 0.5) is 5.82 Å². The van der Waals surface area contributed by atoms with Crippen LogP contribution in [0.15, 0.2) is 42.7 Å². The number of thiocarbonyl (C=S) groups is 1. The molecule has 4 nitrogen and oxygen atoms in total. The topological polar surface area (TPSA) is 49.8 Å². The van der Waals surface area contributed by atoms with Gasteiger partial charge in [-0.25, -0.2) is 4.98 Å². The number of nitrogens with one attached hydrogen (secondary N) is 2. The highest BCUT2D eigenvalue weighted by Crippen LogP contribution is 2.38. The summed E-state index contributed by atoms with van der Waals surface area (Å²) in [5, 5.41) is 7.35. The predicted molar refractivity (Wildman–Crippen MR) is 92.7 cm³/mol. The fraction of sp³-hybridized carbons (Fsp3) is 0.353. The molecule has 0 atom stereocenters. The Kier molecular flexibility index (Phi) is 4.34. The molecule has 1 aliphatic carbocycles. The number of nitrogens with zero attached hydrogens (tertiary/aromatic N) is 2. The Balaban J connectivity index is 1.76. The van der Waals surface area contributed by atoms with E-state index >= 15 is 0 Å². The third kappa shape index (κ3) is 3.25.